The smallest absolute Gasteiger partial charge is 0.243 e. The summed E-state index contributed by atoms with van der Waals surface area (Å²) >= 11 is 3.20. The maximum atomic E-state index is 13.9. The number of sulfonamides is 1. The lowest BCUT2D eigenvalue weighted by atomic mass is 10.0. The maximum Gasteiger partial charge on any atom is 0.243 e. The second kappa shape index (κ2) is 7.81. The van der Waals surface area contributed by atoms with Crippen LogP contribution in [0.15, 0.2) is 27.6 Å². The third-order valence-electron chi connectivity index (χ3n) is 5.08. The lowest BCUT2D eigenvalue weighted by molar-refractivity contribution is 0.180. The van der Waals surface area contributed by atoms with E-state index in [4.69, 9.17) is 0 Å². The monoisotopic (exact) mass is 418 g/mol. The first-order valence-corrected chi connectivity index (χ1v) is 10.9. The average molecular weight is 419 g/mol. The van der Waals surface area contributed by atoms with Crippen LogP contribution < -0.4 is 4.72 Å². The quantitative estimate of drug-likeness (QED) is 0.795. The van der Waals surface area contributed by atoms with Crippen LogP contribution in [0.1, 0.15) is 38.5 Å². The number of hydrogen-bond donors (Lipinski definition) is 1. The van der Waals surface area contributed by atoms with Gasteiger partial charge in [-0.3, -0.25) is 0 Å². The van der Waals surface area contributed by atoms with Crippen molar-refractivity contribution in [3.63, 3.8) is 0 Å². The molecule has 0 amide bonds. The molecule has 1 saturated carbocycles. The van der Waals surface area contributed by atoms with Crippen molar-refractivity contribution in [2.24, 2.45) is 5.92 Å². The zero-order chi connectivity index (χ0) is 17.2. The van der Waals surface area contributed by atoms with Gasteiger partial charge in [0.25, 0.3) is 0 Å². The Morgan fingerprint density at radius 1 is 1.17 bits per heavy atom. The van der Waals surface area contributed by atoms with Crippen LogP contribution in [-0.4, -0.2) is 39.0 Å². The minimum atomic E-state index is -3.83. The Morgan fingerprint density at radius 3 is 2.50 bits per heavy atom. The van der Waals surface area contributed by atoms with E-state index >= 15 is 0 Å². The number of benzene rings is 1. The first-order valence-electron chi connectivity index (χ1n) is 8.64. The molecule has 24 heavy (non-hydrogen) atoms. The van der Waals surface area contributed by atoms with Crippen LogP contribution in [0.4, 0.5) is 4.39 Å². The van der Waals surface area contributed by atoms with Crippen LogP contribution in [0, 0.1) is 11.7 Å². The third-order valence-corrected chi connectivity index (χ3v) is 7.11. The summed E-state index contributed by atoms with van der Waals surface area (Å²) in [5, 5.41) is 0. The van der Waals surface area contributed by atoms with Crippen molar-refractivity contribution in [2.45, 2.75) is 49.5 Å². The fourth-order valence-corrected chi connectivity index (χ4v) is 5.68. The van der Waals surface area contributed by atoms with Gasteiger partial charge in [0.1, 0.15) is 10.7 Å². The molecular weight excluding hydrogens is 395 g/mol. The summed E-state index contributed by atoms with van der Waals surface area (Å²) in [5.74, 6) is 0.0957. The molecule has 4 nitrogen and oxygen atoms in total. The van der Waals surface area contributed by atoms with E-state index in [-0.39, 0.29) is 10.9 Å². The molecule has 1 aromatic rings. The summed E-state index contributed by atoms with van der Waals surface area (Å²) < 4.78 is 42.0. The minimum Gasteiger partial charge on any atom is -0.303 e. The molecule has 0 spiro atoms. The molecule has 134 valence electrons. The van der Waals surface area contributed by atoms with Gasteiger partial charge in [-0.05, 0) is 62.9 Å². The van der Waals surface area contributed by atoms with Crippen LogP contribution in [0.5, 0.6) is 0 Å². The van der Waals surface area contributed by atoms with E-state index in [9.17, 15) is 12.8 Å². The van der Waals surface area contributed by atoms with Crippen LogP contribution in [-0.2, 0) is 10.0 Å². The zero-order valence-electron chi connectivity index (χ0n) is 13.7. The van der Waals surface area contributed by atoms with Crippen molar-refractivity contribution < 1.29 is 12.8 Å². The van der Waals surface area contributed by atoms with Gasteiger partial charge in [0.2, 0.25) is 10.0 Å². The molecule has 0 radical (unpaired) electrons. The van der Waals surface area contributed by atoms with Gasteiger partial charge in [0.15, 0.2) is 0 Å². The molecule has 1 saturated heterocycles. The highest BCUT2D eigenvalue weighted by atomic mass is 79.9. The normalized spacial score (nSPS) is 21.4. The molecule has 0 bridgehead atoms. The van der Waals surface area contributed by atoms with Gasteiger partial charge in [-0.15, -0.1) is 0 Å². The van der Waals surface area contributed by atoms with Crippen LogP contribution >= 0.6 is 15.9 Å². The number of hydrogen-bond acceptors (Lipinski definition) is 3. The van der Waals surface area contributed by atoms with Gasteiger partial charge in [-0.25, -0.2) is 17.5 Å². The van der Waals surface area contributed by atoms with Gasteiger partial charge in [0, 0.05) is 17.1 Å². The fraction of sp³-hybridized carbons (Fsp3) is 0.647. The van der Waals surface area contributed by atoms with E-state index in [1.54, 1.807) is 0 Å². The van der Waals surface area contributed by atoms with E-state index in [0.29, 0.717) is 4.47 Å². The Balaban J connectivity index is 1.56. The molecule has 1 N–H and O–H groups in total. The van der Waals surface area contributed by atoms with Gasteiger partial charge in [-0.2, -0.15) is 0 Å². The van der Waals surface area contributed by atoms with E-state index < -0.39 is 15.8 Å². The summed E-state index contributed by atoms with van der Waals surface area (Å²) in [5.41, 5.74) is 0. The van der Waals surface area contributed by atoms with Gasteiger partial charge >= 0.3 is 0 Å². The van der Waals surface area contributed by atoms with Gasteiger partial charge in [0.05, 0.1) is 0 Å². The highest BCUT2D eigenvalue weighted by molar-refractivity contribution is 9.10. The average Bonchev–Trinajstić information content (AvgIpc) is 3.04. The number of nitrogens with zero attached hydrogens (tertiary/aromatic N) is 1. The highest BCUT2D eigenvalue weighted by Gasteiger charge is 2.28. The minimum absolute atomic E-state index is 0.117. The lowest BCUT2D eigenvalue weighted by Gasteiger charge is -2.33. The van der Waals surface area contributed by atoms with Gasteiger partial charge in [-0.1, -0.05) is 28.8 Å². The first kappa shape index (κ1) is 18.3. The van der Waals surface area contributed by atoms with Crippen LogP contribution in [0.3, 0.4) is 0 Å². The van der Waals surface area contributed by atoms with Crippen molar-refractivity contribution in [1.29, 1.82) is 0 Å². The van der Waals surface area contributed by atoms with E-state index in [1.807, 2.05) is 0 Å². The molecule has 0 atom stereocenters. The molecule has 1 aliphatic heterocycles. The van der Waals surface area contributed by atoms with Crippen LogP contribution in [0.25, 0.3) is 0 Å². The molecule has 1 aliphatic carbocycles. The van der Waals surface area contributed by atoms with Crippen molar-refractivity contribution in [2.75, 3.05) is 19.6 Å². The summed E-state index contributed by atoms with van der Waals surface area (Å²) in [6, 6.07) is 3.86. The summed E-state index contributed by atoms with van der Waals surface area (Å²) in [7, 11) is -3.83. The summed E-state index contributed by atoms with van der Waals surface area (Å²) in [6.45, 7) is 2.95. The lowest BCUT2D eigenvalue weighted by Crippen LogP contribution is -2.45. The van der Waals surface area contributed by atoms with Crippen molar-refractivity contribution in [3.05, 3.63) is 28.5 Å². The number of nitrogens with one attached hydrogen (secondary N) is 1. The molecule has 7 heteroatoms. The predicted molar refractivity (Wildman–Crippen MR) is 95.8 cm³/mol. The molecule has 0 aromatic heterocycles. The van der Waals surface area contributed by atoms with Crippen LogP contribution in [0.2, 0.25) is 0 Å². The summed E-state index contributed by atoms with van der Waals surface area (Å²) in [4.78, 5) is 2.16. The van der Waals surface area contributed by atoms with Crippen molar-refractivity contribution in [1.82, 2.24) is 9.62 Å². The highest BCUT2D eigenvalue weighted by Crippen LogP contribution is 2.27. The molecule has 2 fully saturated rings. The van der Waals surface area contributed by atoms with E-state index in [2.05, 4.69) is 25.6 Å². The maximum absolute atomic E-state index is 13.9. The van der Waals surface area contributed by atoms with Crippen molar-refractivity contribution >= 4 is 26.0 Å². The van der Waals surface area contributed by atoms with E-state index in [0.717, 1.165) is 38.4 Å². The van der Waals surface area contributed by atoms with Gasteiger partial charge < -0.3 is 4.90 Å². The Hall–Kier alpha value is -0.500. The second-order valence-electron chi connectivity index (χ2n) is 6.92. The first-order chi connectivity index (χ1) is 11.4. The Morgan fingerprint density at radius 2 is 1.83 bits per heavy atom. The topological polar surface area (TPSA) is 49.4 Å². The largest absolute Gasteiger partial charge is 0.303 e. The number of piperidine rings is 1. The molecule has 0 unspecified atom stereocenters. The molecule has 1 heterocycles. The number of likely N-dealkylation sites (tertiary alicyclic amines) is 1. The fourth-order valence-electron chi connectivity index (χ4n) is 3.76. The molecule has 3 rings (SSSR count). The number of halogens is 2. The predicted octanol–water partition coefficient (Wildman–Crippen LogP) is 3.52. The zero-order valence-corrected chi connectivity index (χ0v) is 16.1. The Bertz CT molecular complexity index is 669. The Kier molecular flexibility index (Phi) is 5.95. The summed E-state index contributed by atoms with van der Waals surface area (Å²) in [6.07, 6.45) is 6.91. The van der Waals surface area contributed by atoms with E-state index in [1.165, 1.54) is 43.9 Å². The molecule has 2 aliphatic rings. The third kappa shape index (κ3) is 4.56. The Labute approximate surface area is 152 Å². The molecular formula is C17H24BrFN2O2S. The standard InChI is InChI=1S/C17H24BrFN2O2S/c18-14-5-6-16(19)17(11-14)24(22,23)20-15-7-9-21(10-8-15)12-13-3-1-2-4-13/h5-6,11,13,15,20H,1-4,7-10,12H2. The second-order valence-corrected chi connectivity index (χ2v) is 9.52. The van der Waals surface area contributed by atoms with Crippen molar-refractivity contribution in [3.8, 4) is 0 Å². The number of rotatable bonds is 5. The molecule has 1 aromatic carbocycles. The SMILES string of the molecule is O=S(=O)(NC1CCN(CC2CCCC2)CC1)c1cc(Br)ccc1F.